The van der Waals surface area contributed by atoms with Crippen molar-refractivity contribution in [2.75, 3.05) is 20.3 Å². The normalized spacial score (nSPS) is 11.2. The third-order valence-corrected chi connectivity index (χ3v) is 4.86. The van der Waals surface area contributed by atoms with Gasteiger partial charge in [-0.1, -0.05) is 17.7 Å². The minimum Gasteiger partial charge on any atom is -0.383 e. The van der Waals surface area contributed by atoms with Gasteiger partial charge in [0.25, 0.3) is 0 Å². The first-order valence-corrected chi connectivity index (χ1v) is 8.16. The second-order valence-electron chi connectivity index (χ2n) is 4.84. The minimum absolute atomic E-state index is 0.709. The molecule has 0 bridgehead atoms. The molecule has 0 aromatic carbocycles. The van der Waals surface area contributed by atoms with Crippen molar-refractivity contribution in [3.8, 4) is 10.6 Å². The van der Waals surface area contributed by atoms with Crippen LogP contribution in [-0.2, 0) is 11.3 Å². The third kappa shape index (κ3) is 3.44. The number of rotatable bonds is 6. The number of methoxy groups -OCH3 is 1. The summed E-state index contributed by atoms with van der Waals surface area (Å²) in [5, 5.41) is 4.04. The fourth-order valence-electron chi connectivity index (χ4n) is 2.12. The van der Waals surface area contributed by atoms with Gasteiger partial charge < -0.3 is 10.1 Å². The van der Waals surface area contributed by atoms with E-state index in [0.717, 1.165) is 44.5 Å². The molecule has 0 saturated carbocycles. The van der Waals surface area contributed by atoms with Crippen molar-refractivity contribution in [1.29, 1.82) is 0 Å². The fraction of sp³-hybridized carbons (Fsp3) is 0.250. The second kappa shape index (κ2) is 7.15. The van der Waals surface area contributed by atoms with E-state index in [2.05, 4.69) is 21.4 Å². The van der Waals surface area contributed by atoms with Gasteiger partial charge in [-0.2, -0.15) is 0 Å². The molecular formula is C16H16ClN3OS. The highest BCUT2D eigenvalue weighted by Crippen LogP contribution is 2.35. The maximum atomic E-state index is 6.20. The summed E-state index contributed by atoms with van der Waals surface area (Å²) in [5.74, 6) is 0. The molecule has 3 aromatic heterocycles. The topological polar surface area (TPSA) is 47.0 Å². The lowest BCUT2D eigenvalue weighted by molar-refractivity contribution is 0.199. The number of thiophene rings is 1. The van der Waals surface area contributed by atoms with Gasteiger partial charge in [-0.15, -0.1) is 11.3 Å². The molecule has 0 aliphatic carbocycles. The predicted octanol–water partition coefficient (Wildman–Crippen LogP) is 3.75. The lowest BCUT2D eigenvalue weighted by atomic mass is 10.2. The molecule has 6 heteroatoms. The van der Waals surface area contributed by atoms with Crippen molar-refractivity contribution in [1.82, 2.24) is 15.3 Å². The average molecular weight is 334 g/mol. The van der Waals surface area contributed by atoms with E-state index in [1.165, 1.54) is 0 Å². The van der Waals surface area contributed by atoms with Crippen LogP contribution in [0.1, 0.15) is 5.56 Å². The Hall–Kier alpha value is -1.53. The van der Waals surface area contributed by atoms with Crippen LogP contribution in [0.5, 0.6) is 0 Å². The quantitative estimate of drug-likeness (QED) is 0.698. The Kier molecular flexibility index (Phi) is 5.00. The van der Waals surface area contributed by atoms with E-state index in [1.54, 1.807) is 24.6 Å². The number of hydrogen-bond donors (Lipinski definition) is 1. The molecule has 0 aliphatic rings. The first kappa shape index (κ1) is 15.4. The molecule has 0 spiro atoms. The largest absolute Gasteiger partial charge is 0.383 e. The van der Waals surface area contributed by atoms with Crippen molar-refractivity contribution in [3.05, 3.63) is 47.2 Å². The standard InChI is InChI=1S/C16H16ClN3OS/c1-21-7-6-18-9-11-2-3-13(20-10-11)15-8-14-16(22-15)12(17)4-5-19-14/h2-5,8,10,18H,6-7,9H2,1H3. The van der Waals surface area contributed by atoms with E-state index in [9.17, 15) is 0 Å². The Balaban J connectivity index is 1.75. The maximum Gasteiger partial charge on any atom is 0.0831 e. The van der Waals surface area contributed by atoms with Crippen molar-refractivity contribution in [2.24, 2.45) is 0 Å². The highest BCUT2D eigenvalue weighted by molar-refractivity contribution is 7.22. The van der Waals surface area contributed by atoms with Crippen LogP contribution < -0.4 is 5.32 Å². The second-order valence-corrected chi connectivity index (χ2v) is 6.30. The summed E-state index contributed by atoms with van der Waals surface area (Å²) in [6, 6.07) is 7.96. The zero-order valence-electron chi connectivity index (χ0n) is 12.2. The monoisotopic (exact) mass is 333 g/mol. The molecule has 0 fully saturated rings. The third-order valence-electron chi connectivity index (χ3n) is 3.25. The van der Waals surface area contributed by atoms with Crippen LogP contribution in [0.3, 0.4) is 0 Å². The van der Waals surface area contributed by atoms with Crippen molar-refractivity contribution in [2.45, 2.75) is 6.54 Å². The predicted molar refractivity (Wildman–Crippen MR) is 91.4 cm³/mol. The number of nitrogens with one attached hydrogen (secondary N) is 1. The Labute approximate surface area is 138 Å². The maximum absolute atomic E-state index is 6.20. The molecule has 0 saturated heterocycles. The smallest absolute Gasteiger partial charge is 0.0831 e. The van der Waals surface area contributed by atoms with Crippen LogP contribution in [0.25, 0.3) is 20.8 Å². The van der Waals surface area contributed by atoms with E-state index < -0.39 is 0 Å². The summed E-state index contributed by atoms with van der Waals surface area (Å²) in [6.07, 6.45) is 3.62. The average Bonchev–Trinajstić information content (AvgIpc) is 2.98. The van der Waals surface area contributed by atoms with Gasteiger partial charge >= 0.3 is 0 Å². The lowest BCUT2D eigenvalue weighted by Gasteiger charge is -2.04. The van der Waals surface area contributed by atoms with Crippen LogP contribution in [-0.4, -0.2) is 30.2 Å². The molecule has 1 N–H and O–H groups in total. The molecule has 22 heavy (non-hydrogen) atoms. The molecule has 4 nitrogen and oxygen atoms in total. The Bertz CT molecular complexity index is 758. The number of pyridine rings is 2. The fourth-order valence-corrected chi connectivity index (χ4v) is 3.38. The van der Waals surface area contributed by atoms with E-state index >= 15 is 0 Å². The number of halogens is 1. The minimum atomic E-state index is 0.709. The van der Waals surface area contributed by atoms with Crippen molar-refractivity contribution in [3.63, 3.8) is 0 Å². The van der Waals surface area contributed by atoms with Gasteiger partial charge in [-0.3, -0.25) is 9.97 Å². The van der Waals surface area contributed by atoms with Crippen LogP contribution >= 0.6 is 22.9 Å². The number of nitrogens with zero attached hydrogens (tertiary/aromatic N) is 2. The number of ether oxygens (including phenoxy) is 1. The summed E-state index contributed by atoms with van der Waals surface area (Å²) >= 11 is 7.82. The molecule has 3 heterocycles. The number of hydrogen-bond acceptors (Lipinski definition) is 5. The van der Waals surface area contributed by atoms with Gasteiger partial charge in [0.05, 0.1) is 32.4 Å². The van der Waals surface area contributed by atoms with E-state index in [0.29, 0.717) is 6.61 Å². The summed E-state index contributed by atoms with van der Waals surface area (Å²) in [6.45, 7) is 2.33. The highest BCUT2D eigenvalue weighted by Gasteiger charge is 2.08. The van der Waals surface area contributed by atoms with Crippen LogP contribution in [0.2, 0.25) is 5.02 Å². The molecule has 0 atom stereocenters. The molecule has 0 aliphatic heterocycles. The van der Waals surface area contributed by atoms with Crippen LogP contribution in [0.4, 0.5) is 0 Å². The van der Waals surface area contributed by atoms with Crippen molar-refractivity contribution >= 4 is 33.2 Å². The Morgan fingerprint density at radius 1 is 1.27 bits per heavy atom. The number of fused-ring (bicyclic) bond motifs is 1. The van der Waals surface area contributed by atoms with E-state index in [1.807, 2.05) is 24.4 Å². The van der Waals surface area contributed by atoms with Crippen molar-refractivity contribution < 1.29 is 4.74 Å². The molecule has 0 unspecified atom stereocenters. The molecular weight excluding hydrogens is 318 g/mol. The molecule has 3 aromatic rings. The summed E-state index contributed by atoms with van der Waals surface area (Å²) in [7, 11) is 1.70. The van der Waals surface area contributed by atoms with E-state index in [4.69, 9.17) is 16.3 Å². The van der Waals surface area contributed by atoms with Gasteiger partial charge in [0.15, 0.2) is 0 Å². The first-order chi connectivity index (χ1) is 10.8. The van der Waals surface area contributed by atoms with Crippen LogP contribution in [0, 0.1) is 0 Å². The van der Waals surface area contributed by atoms with Gasteiger partial charge in [-0.05, 0) is 23.8 Å². The van der Waals surface area contributed by atoms with E-state index in [-0.39, 0.29) is 0 Å². The zero-order chi connectivity index (χ0) is 15.4. The van der Waals surface area contributed by atoms with Crippen LogP contribution in [0.15, 0.2) is 36.7 Å². The van der Waals surface area contributed by atoms with Gasteiger partial charge in [0, 0.05) is 32.6 Å². The number of aromatic nitrogens is 2. The molecule has 3 rings (SSSR count). The molecule has 0 amide bonds. The van der Waals surface area contributed by atoms with Gasteiger partial charge in [-0.25, -0.2) is 0 Å². The summed E-state index contributed by atoms with van der Waals surface area (Å²) < 4.78 is 6.01. The summed E-state index contributed by atoms with van der Waals surface area (Å²) in [5.41, 5.74) is 3.01. The lowest BCUT2D eigenvalue weighted by Crippen LogP contribution is -2.18. The SMILES string of the molecule is COCCNCc1ccc(-c2cc3nccc(Cl)c3s2)nc1. The molecule has 0 radical (unpaired) electrons. The summed E-state index contributed by atoms with van der Waals surface area (Å²) in [4.78, 5) is 9.96. The Morgan fingerprint density at radius 3 is 2.91 bits per heavy atom. The van der Waals surface area contributed by atoms with Gasteiger partial charge in [0.2, 0.25) is 0 Å². The molecule has 114 valence electrons. The first-order valence-electron chi connectivity index (χ1n) is 6.97. The van der Waals surface area contributed by atoms with Gasteiger partial charge in [0.1, 0.15) is 0 Å². The highest BCUT2D eigenvalue weighted by atomic mass is 35.5. The zero-order valence-corrected chi connectivity index (χ0v) is 13.7. The Morgan fingerprint density at radius 2 is 2.18 bits per heavy atom.